The molecule has 0 aromatic carbocycles. The molecule has 2 saturated heterocycles. The summed E-state index contributed by atoms with van der Waals surface area (Å²) in [6.07, 6.45) is 13.9. The second kappa shape index (κ2) is 11.1. The van der Waals surface area contributed by atoms with Crippen LogP contribution in [-0.2, 0) is 19.0 Å². The van der Waals surface area contributed by atoms with E-state index in [4.69, 9.17) is 14.2 Å². The highest BCUT2D eigenvalue weighted by Crippen LogP contribution is 2.33. The maximum Gasteiger partial charge on any atom is 0.309 e. The van der Waals surface area contributed by atoms with Gasteiger partial charge in [-0.05, 0) is 54.6 Å². The summed E-state index contributed by atoms with van der Waals surface area (Å²) in [5.41, 5.74) is 1.17. The van der Waals surface area contributed by atoms with Crippen LogP contribution in [0.2, 0.25) is 0 Å². The van der Waals surface area contributed by atoms with E-state index < -0.39 is 0 Å². The average Bonchev–Trinajstić information content (AvgIpc) is 2.65. The molecule has 0 N–H and O–H groups in total. The Balaban J connectivity index is 1.78. The predicted octanol–water partition coefficient (Wildman–Crippen LogP) is 5.90. The SMILES string of the molecule is C=C1C[C@@H]2C[C@@H]3CCC[C@H](C[C@@H](C)/C=C/[C@H](C)[C@H](/C=C/I)OC(=O)C[C@H](C1)O2)O3. The molecule has 0 aromatic rings. The van der Waals surface area contributed by atoms with Gasteiger partial charge in [-0.1, -0.05) is 60.7 Å². The number of cyclic esters (lactones) is 1. The molecule has 162 valence electrons. The summed E-state index contributed by atoms with van der Waals surface area (Å²) in [4.78, 5) is 12.6. The summed E-state index contributed by atoms with van der Waals surface area (Å²) >= 11 is 2.18. The van der Waals surface area contributed by atoms with Crippen LogP contribution in [0.15, 0.2) is 34.5 Å². The fourth-order valence-electron chi connectivity index (χ4n) is 4.72. The van der Waals surface area contributed by atoms with E-state index in [1.54, 1.807) is 0 Å². The van der Waals surface area contributed by atoms with Crippen molar-refractivity contribution >= 4 is 28.6 Å². The van der Waals surface area contributed by atoms with Crippen LogP contribution in [0.3, 0.4) is 0 Å². The van der Waals surface area contributed by atoms with Gasteiger partial charge in [0.1, 0.15) is 6.10 Å². The third-order valence-corrected chi connectivity index (χ3v) is 6.62. The number of carbonyl (C=O) groups excluding carboxylic acids is 1. The molecule has 7 atom stereocenters. The molecule has 0 aliphatic carbocycles. The van der Waals surface area contributed by atoms with Gasteiger partial charge < -0.3 is 14.2 Å². The molecule has 4 bridgehead atoms. The molecule has 0 amide bonds. The lowest BCUT2D eigenvalue weighted by Gasteiger charge is -2.37. The molecule has 0 spiro atoms. The molecule has 0 saturated carbocycles. The van der Waals surface area contributed by atoms with Crippen LogP contribution in [0, 0.1) is 11.8 Å². The molecule has 0 aromatic heterocycles. The van der Waals surface area contributed by atoms with Crippen LogP contribution >= 0.6 is 22.6 Å². The van der Waals surface area contributed by atoms with Crippen molar-refractivity contribution in [2.75, 3.05) is 0 Å². The van der Waals surface area contributed by atoms with Crippen molar-refractivity contribution in [1.82, 2.24) is 0 Å². The number of ether oxygens (including phenoxy) is 3. The van der Waals surface area contributed by atoms with E-state index in [0.717, 1.165) is 38.5 Å². The number of hydrogen-bond acceptors (Lipinski definition) is 4. The minimum Gasteiger partial charge on any atom is -0.457 e. The number of halogens is 1. The van der Waals surface area contributed by atoms with Crippen LogP contribution in [-0.4, -0.2) is 36.5 Å². The summed E-state index contributed by atoms with van der Waals surface area (Å²) < 4.78 is 20.5. The van der Waals surface area contributed by atoms with Gasteiger partial charge in [0.2, 0.25) is 0 Å². The Morgan fingerprint density at radius 2 is 1.69 bits per heavy atom. The van der Waals surface area contributed by atoms with Crippen molar-refractivity contribution in [2.24, 2.45) is 11.8 Å². The quantitative estimate of drug-likeness (QED) is 0.248. The maximum absolute atomic E-state index is 12.6. The van der Waals surface area contributed by atoms with Gasteiger partial charge in [0.05, 0.1) is 30.8 Å². The van der Waals surface area contributed by atoms with Crippen LogP contribution in [0.25, 0.3) is 0 Å². The smallest absolute Gasteiger partial charge is 0.309 e. The third kappa shape index (κ3) is 7.21. The first-order valence-electron chi connectivity index (χ1n) is 11.0. The molecular weight excluding hydrogens is 479 g/mol. The summed E-state index contributed by atoms with van der Waals surface area (Å²) in [6.45, 7) is 8.55. The summed E-state index contributed by atoms with van der Waals surface area (Å²) in [6, 6.07) is 0. The van der Waals surface area contributed by atoms with E-state index in [-0.39, 0.29) is 42.7 Å². The Labute approximate surface area is 189 Å². The molecule has 0 radical (unpaired) electrons. The van der Waals surface area contributed by atoms with Gasteiger partial charge in [0.25, 0.3) is 0 Å². The van der Waals surface area contributed by atoms with Crippen molar-refractivity contribution in [2.45, 2.75) is 95.7 Å². The van der Waals surface area contributed by atoms with E-state index in [1.165, 1.54) is 12.0 Å². The van der Waals surface area contributed by atoms with E-state index in [2.05, 4.69) is 55.2 Å². The standard InChI is InChI=1S/C24H35IO4/c1-16-7-8-18(3)23(9-10-25)29-24(26)15-22-13-17(2)12-21(28-22)14-20-6-4-5-19(11-16)27-20/h7-10,16,18-23H,2,4-6,11-15H2,1,3H3/b8-7+,10-9+/t16-,18-,19+,20-,21+,22-,23-/m0/s1. The first-order valence-corrected chi connectivity index (χ1v) is 12.3. The van der Waals surface area contributed by atoms with E-state index in [9.17, 15) is 4.79 Å². The Morgan fingerprint density at radius 1 is 1.00 bits per heavy atom. The zero-order valence-corrected chi connectivity index (χ0v) is 19.9. The van der Waals surface area contributed by atoms with Gasteiger partial charge in [0, 0.05) is 12.3 Å². The number of rotatable bonds is 1. The molecule has 3 heterocycles. The Morgan fingerprint density at radius 3 is 2.45 bits per heavy atom. The number of allylic oxidation sites excluding steroid dienone is 1. The fraction of sp³-hybridized carbons (Fsp3) is 0.708. The van der Waals surface area contributed by atoms with Crippen molar-refractivity contribution < 1.29 is 19.0 Å². The van der Waals surface area contributed by atoms with Crippen LogP contribution < -0.4 is 0 Å². The number of fused-ring (bicyclic) bond motifs is 4. The monoisotopic (exact) mass is 514 g/mol. The number of hydrogen-bond donors (Lipinski definition) is 0. The van der Waals surface area contributed by atoms with Crippen molar-refractivity contribution in [3.05, 3.63) is 34.5 Å². The first-order chi connectivity index (χ1) is 13.9. The number of esters is 1. The molecule has 0 unspecified atom stereocenters. The summed E-state index contributed by atoms with van der Waals surface area (Å²) in [7, 11) is 0. The van der Waals surface area contributed by atoms with E-state index in [0.29, 0.717) is 12.0 Å². The zero-order valence-electron chi connectivity index (χ0n) is 17.7. The molecular formula is C24H35IO4. The van der Waals surface area contributed by atoms with Gasteiger partial charge in [-0.15, -0.1) is 0 Å². The largest absolute Gasteiger partial charge is 0.457 e. The highest BCUT2D eigenvalue weighted by Gasteiger charge is 2.32. The predicted molar refractivity (Wildman–Crippen MR) is 124 cm³/mol. The molecule has 2 fully saturated rings. The van der Waals surface area contributed by atoms with Gasteiger partial charge >= 0.3 is 5.97 Å². The minimum absolute atomic E-state index is 0.0898. The lowest BCUT2D eigenvalue weighted by molar-refractivity contribution is -0.154. The maximum atomic E-state index is 12.6. The summed E-state index contributed by atoms with van der Waals surface area (Å²) in [5.74, 6) is 0.358. The molecule has 4 nitrogen and oxygen atoms in total. The second-order valence-electron chi connectivity index (χ2n) is 9.02. The fourth-order valence-corrected chi connectivity index (χ4v) is 5.13. The lowest BCUT2D eigenvalue weighted by atomic mass is 9.90. The molecule has 3 aliphatic heterocycles. The Hall–Kier alpha value is -0.660. The molecule has 3 aliphatic rings. The zero-order chi connectivity index (χ0) is 20.8. The molecule has 29 heavy (non-hydrogen) atoms. The highest BCUT2D eigenvalue weighted by molar-refractivity contribution is 14.1. The normalized spacial score (nSPS) is 41.1. The van der Waals surface area contributed by atoms with Crippen molar-refractivity contribution in [3.8, 4) is 0 Å². The first kappa shape index (κ1) is 23.0. The van der Waals surface area contributed by atoms with Gasteiger partial charge in [-0.2, -0.15) is 0 Å². The third-order valence-electron chi connectivity index (χ3n) is 6.20. The van der Waals surface area contributed by atoms with Crippen LogP contribution in [0.5, 0.6) is 0 Å². The van der Waals surface area contributed by atoms with Crippen molar-refractivity contribution in [1.29, 1.82) is 0 Å². The molecule has 3 rings (SSSR count). The minimum atomic E-state index is -0.256. The van der Waals surface area contributed by atoms with Gasteiger partial charge in [0.15, 0.2) is 0 Å². The second-order valence-corrected chi connectivity index (χ2v) is 9.74. The topological polar surface area (TPSA) is 44.8 Å². The van der Waals surface area contributed by atoms with Crippen LogP contribution in [0.4, 0.5) is 0 Å². The van der Waals surface area contributed by atoms with Gasteiger partial charge in [-0.3, -0.25) is 4.79 Å². The van der Waals surface area contributed by atoms with E-state index >= 15 is 0 Å². The summed E-state index contributed by atoms with van der Waals surface area (Å²) in [5, 5.41) is 0. The Kier molecular flexibility index (Phi) is 8.81. The van der Waals surface area contributed by atoms with E-state index in [1.807, 2.05) is 10.2 Å². The van der Waals surface area contributed by atoms with Crippen LogP contribution in [0.1, 0.15) is 65.2 Å². The molecule has 5 heteroatoms. The van der Waals surface area contributed by atoms with Gasteiger partial charge in [-0.25, -0.2) is 0 Å². The Bertz CT molecular complexity index is 628. The van der Waals surface area contributed by atoms with Crippen molar-refractivity contribution in [3.63, 3.8) is 0 Å². The lowest BCUT2D eigenvalue weighted by Crippen LogP contribution is -2.37. The average molecular weight is 514 g/mol. The number of carbonyl (C=O) groups is 1. The highest BCUT2D eigenvalue weighted by atomic mass is 127.